The summed E-state index contributed by atoms with van der Waals surface area (Å²) in [5.41, 5.74) is 10.6. The lowest BCUT2D eigenvalue weighted by molar-refractivity contribution is 0.0517. The van der Waals surface area contributed by atoms with E-state index >= 15 is 0 Å². The topological polar surface area (TPSA) is 15.7 Å². The molecule has 0 heterocycles. The lowest BCUT2D eigenvalue weighted by Crippen LogP contribution is -2.31. The molecule has 3 aromatic rings. The predicted octanol–water partition coefficient (Wildman–Crippen LogP) is 6.33. The molecule has 0 radical (unpaired) electrons. The van der Waals surface area contributed by atoms with Gasteiger partial charge in [0.15, 0.2) is 0 Å². The van der Waals surface area contributed by atoms with Gasteiger partial charge in [-0.2, -0.15) is 0 Å². The Bertz CT molecular complexity index is 1100. The van der Waals surface area contributed by atoms with E-state index < -0.39 is 0 Å². The van der Waals surface area contributed by atoms with Crippen molar-refractivity contribution in [2.75, 3.05) is 38.0 Å². The third kappa shape index (κ3) is 4.02. The highest BCUT2D eigenvalue weighted by molar-refractivity contribution is 5.67. The van der Waals surface area contributed by atoms with Gasteiger partial charge in [-0.1, -0.05) is 56.3 Å². The molecule has 3 nitrogen and oxygen atoms in total. The molecule has 0 spiro atoms. The van der Waals surface area contributed by atoms with E-state index in [9.17, 15) is 0 Å². The van der Waals surface area contributed by atoms with Gasteiger partial charge < -0.3 is 14.5 Å². The van der Waals surface area contributed by atoms with Crippen LogP contribution in [0.3, 0.4) is 0 Å². The summed E-state index contributed by atoms with van der Waals surface area (Å²) in [6, 6.07) is 22.0. The Balaban J connectivity index is 1.81. The highest BCUT2D eigenvalue weighted by Crippen LogP contribution is 2.48. The fourth-order valence-electron chi connectivity index (χ4n) is 5.14. The summed E-state index contributed by atoms with van der Waals surface area (Å²) < 4.78 is 6.48. The maximum atomic E-state index is 6.48. The largest absolute Gasteiger partial charge is 0.378 e. The molecule has 1 atom stereocenters. The van der Waals surface area contributed by atoms with Crippen LogP contribution in [-0.2, 0) is 23.2 Å². The van der Waals surface area contributed by atoms with Crippen molar-refractivity contribution in [2.24, 2.45) is 0 Å². The summed E-state index contributed by atoms with van der Waals surface area (Å²) in [5, 5.41) is 0. The number of fused-ring (bicyclic) bond motifs is 2. The van der Waals surface area contributed by atoms with Crippen molar-refractivity contribution < 1.29 is 4.74 Å². The minimum atomic E-state index is -0.110. The molecule has 3 heteroatoms. The minimum Gasteiger partial charge on any atom is -0.378 e. The summed E-state index contributed by atoms with van der Waals surface area (Å²) >= 11 is 0. The Morgan fingerprint density at radius 2 is 1.56 bits per heavy atom. The fraction of sp³-hybridized carbons (Fsp3) is 0.379. The molecule has 3 aromatic carbocycles. The Labute approximate surface area is 193 Å². The van der Waals surface area contributed by atoms with Gasteiger partial charge in [-0.15, -0.1) is 0 Å². The molecular formula is C29H36N2O. The molecule has 4 rings (SSSR count). The van der Waals surface area contributed by atoms with Gasteiger partial charge in [0.05, 0.1) is 12.7 Å². The number of ether oxygens (including phenoxy) is 1. The second-order valence-electron chi connectivity index (χ2n) is 9.90. The van der Waals surface area contributed by atoms with Gasteiger partial charge in [0.2, 0.25) is 0 Å². The van der Waals surface area contributed by atoms with Gasteiger partial charge in [-0.05, 0) is 59.4 Å². The van der Waals surface area contributed by atoms with Crippen molar-refractivity contribution in [3.8, 4) is 0 Å². The summed E-state index contributed by atoms with van der Waals surface area (Å²) in [5.74, 6) is 0. The first-order valence-electron chi connectivity index (χ1n) is 11.5. The number of rotatable bonds is 6. The molecule has 168 valence electrons. The van der Waals surface area contributed by atoms with Crippen LogP contribution >= 0.6 is 0 Å². The molecule has 0 saturated carbocycles. The first-order chi connectivity index (χ1) is 15.2. The summed E-state index contributed by atoms with van der Waals surface area (Å²) in [6.45, 7) is 7.56. The van der Waals surface area contributed by atoms with E-state index in [1.54, 1.807) is 0 Å². The highest BCUT2D eigenvalue weighted by atomic mass is 16.5. The van der Waals surface area contributed by atoms with E-state index in [1.165, 1.54) is 44.8 Å². The molecule has 0 aliphatic heterocycles. The molecule has 0 bridgehead atoms. The van der Waals surface area contributed by atoms with Crippen molar-refractivity contribution in [3.63, 3.8) is 0 Å². The Hall–Kier alpha value is -2.78. The Morgan fingerprint density at radius 1 is 0.875 bits per heavy atom. The third-order valence-electron chi connectivity index (χ3n) is 6.83. The van der Waals surface area contributed by atoms with E-state index in [-0.39, 0.29) is 11.5 Å². The molecule has 0 amide bonds. The fourth-order valence-corrected chi connectivity index (χ4v) is 5.14. The third-order valence-corrected chi connectivity index (χ3v) is 6.83. The second-order valence-corrected chi connectivity index (χ2v) is 9.90. The zero-order valence-electron chi connectivity index (χ0n) is 20.6. The van der Waals surface area contributed by atoms with E-state index in [4.69, 9.17) is 4.74 Å². The van der Waals surface area contributed by atoms with E-state index in [0.717, 1.165) is 6.42 Å². The number of benzene rings is 3. The smallest absolute Gasteiger partial charge is 0.0824 e. The first-order valence-corrected chi connectivity index (χ1v) is 11.5. The van der Waals surface area contributed by atoms with E-state index in [1.807, 2.05) is 6.07 Å². The van der Waals surface area contributed by atoms with Crippen LogP contribution in [0.4, 0.5) is 11.4 Å². The number of hydrogen-bond acceptors (Lipinski definition) is 3. The number of hydrogen-bond donors (Lipinski definition) is 0. The van der Waals surface area contributed by atoms with Crippen LogP contribution in [0.2, 0.25) is 0 Å². The van der Waals surface area contributed by atoms with Crippen molar-refractivity contribution >= 4 is 11.4 Å². The monoisotopic (exact) mass is 428 g/mol. The van der Waals surface area contributed by atoms with Gasteiger partial charge in [0.25, 0.3) is 0 Å². The average Bonchev–Trinajstić information content (AvgIpc) is 2.77. The molecule has 1 unspecified atom stereocenters. The molecule has 32 heavy (non-hydrogen) atoms. The average molecular weight is 429 g/mol. The van der Waals surface area contributed by atoms with Crippen LogP contribution < -0.4 is 9.80 Å². The van der Waals surface area contributed by atoms with Crippen LogP contribution in [0, 0.1) is 0 Å². The van der Waals surface area contributed by atoms with E-state index in [2.05, 4.69) is 113 Å². The zero-order valence-corrected chi connectivity index (χ0v) is 20.6. The van der Waals surface area contributed by atoms with Crippen LogP contribution in [0.1, 0.15) is 60.3 Å². The predicted molar refractivity (Wildman–Crippen MR) is 136 cm³/mol. The molecule has 0 fully saturated rings. The Morgan fingerprint density at radius 3 is 2.22 bits per heavy atom. The van der Waals surface area contributed by atoms with Gasteiger partial charge in [-0.25, -0.2) is 0 Å². The highest BCUT2D eigenvalue weighted by Gasteiger charge is 2.37. The van der Waals surface area contributed by atoms with Crippen molar-refractivity contribution in [3.05, 3.63) is 94.0 Å². The lowest BCUT2D eigenvalue weighted by Gasteiger charge is -2.40. The number of nitrogens with zero attached hydrogens (tertiary/aromatic N) is 2. The number of anilines is 2. The van der Waals surface area contributed by atoms with Crippen molar-refractivity contribution in [2.45, 2.75) is 45.3 Å². The van der Waals surface area contributed by atoms with Crippen LogP contribution in [0.25, 0.3) is 0 Å². The molecular weight excluding hydrogens is 392 g/mol. The van der Waals surface area contributed by atoms with Crippen LogP contribution in [-0.4, -0.2) is 28.2 Å². The minimum absolute atomic E-state index is 0.0135. The summed E-state index contributed by atoms with van der Waals surface area (Å²) in [7, 11) is 8.48. The maximum Gasteiger partial charge on any atom is 0.0824 e. The SMILES string of the molecule is CC(OCc1ccccc1)c1c(N(C)C)ccc2c1C(C)(C)c1cc(N(C)C)ccc1C2. The van der Waals surface area contributed by atoms with Crippen molar-refractivity contribution in [1.82, 2.24) is 0 Å². The van der Waals surface area contributed by atoms with Gasteiger partial charge in [0, 0.05) is 50.5 Å². The van der Waals surface area contributed by atoms with Crippen LogP contribution in [0.5, 0.6) is 0 Å². The summed E-state index contributed by atoms with van der Waals surface area (Å²) in [4.78, 5) is 4.41. The quantitative estimate of drug-likeness (QED) is 0.456. The van der Waals surface area contributed by atoms with Gasteiger partial charge in [0.1, 0.15) is 0 Å². The van der Waals surface area contributed by atoms with Gasteiger partial charge >= 0.3 is 0 Å². The first kappa shape index (κ1) is 22.4. The molecule has 0 aromatic heterocycles. The summed E-state index contributed by atoms with van der Waals surface area (Å²) in [6.07, 6.45) is 0.953. The molecule has 0 saturated heterocycles. The second kappa shape index (κ2) is 8.63. The zero-order chi connectivity index (χ0) is 23.0. The van der Waals surface area contributed by atoms with Gasteiger partial charge in [-0.3, -0.25) is 0 Å². The molecule has 1 aliphatic carbocycles. The normalized spacial score (nSPS) is 15.0. The van der Waals surface area contributed by atoms with E-state index in [0.29, 0.717) is 6.61 Å². The van der Waals surface area contributed by atoms with Crippen molar-refractivity contribution in [1.29, 1.82) is 0 Å². The lowest BCUT2D eigenvalue weighted by atomic mass is 9.66. The standard InChI is InChI=1S/C29H36N2O/c1-20(32-19-21-11-9-8-10-12-21)27-26(31(6)7)16-14-23-17-22-13-15-24(30(4)5)18-25(22)29(2,3)28(23)27/h8-16,18,20H,17,19H2,1-7H3. The van der Waals surface area contributed by atoms with Crippen LogP contribution in [0.15, 0.2) is 60.7 Å². The maximum absolute atomic E-state index is 6.48. The molecule has 1 aliphatic rings. The molecule has 0 N–H and O–H groups in total. The Kier molecular flexibility index (Phi) is 6.05.